The molecule has 2 heterocycles. The summed E-state index contributed by atoms with van der Waals surface area (Å²) >= 11 is 0. The van der Waals surface area contributed by atoms with Gasteiger partial charge in [-0.1, -0.05) is 30.3 Å². The van der Waals surface area contributed by atoms with Gasteiger partial charge >= 0.3 is 0 Å². The lowest BCUT2D eigenvalue weighted by molar-refractivity contribution is -0.121. The Kier molecular flexibility index (Phi) is 7.80. The molecule has 6 heteroatoms. The molecule has 0 radical (unpaired) electrons. The molecule has 0 saturated carbocycles. The van der Waals surface area contributed by atoms with Crippen molar-refractivity contribution in [2.75, 3.05) is 33.4 Å². The van der Waals surface area contributed by atoms with E-state index in [2.05, 4.69) is 40.0 Å². The number of aryl methyl sites for hydroxylation is 1. The highest BCUT2D eigenvalue weighted by molar-refractivity contribution is 5.80. The molecular formula is C26H33N3O3. The molecule has 6 nitrogen and oxygen atoms in total. The fourth-order valence-corrected chi connectivity index (χ4v) is 4.21. The number of nitrogens with zero attached hydrogens (tertiary/aromatic N) is 2. The third-order valence-electron chi connectivity index (χ3n) is 6.18. The number of nitrogens with one attached hydrogen (secondary N) is 1. The van der Waals surface area contributed by atoms with Crippen LogP contribution in [0.25, 0.3) is 10.9 Å². The molecule has 1 aliphatic rings. The molecule has 1 saturated heterocycles. The predicted molar refractivity (Wildman–Crippen MR) is 127 cm³/mol. The number of likely N-dealkylation sites (N-methyl/N-ethyl adjacent to an activating group) is 1. The summed E-state index contributed by atoms with van der Waals surface area (Å²) in [6, 6.07) is 18.9. The van der Waals surface area contributed by atoms with Gasteiger partial charge in [-0.2, -0.15) is 0 Å². The largest absolute Gasteiger partial charge is 0.492 e. The van der Waals surface area contributed by atoms with Crippen LogP contribution >= 0.6 is 0 Å². The smallest absolute Gasteiger partial charge is 0.222 e. The van der Waals surface area contributed by atoms with E-state index in [1.54, 1.807) is 0 Å². The van der Waals surface area contributed by atoms with Gasteiger partial charge in [0.15, 0.2) is 0 Å². The van der Waals surface area contributed by atoms with Crippen LogP contribution < -0.4 is 10.1 Å². The number of rotatable bonds is 10. The van der Waals surface area contributed by atoms with Gasteiger partial charge in [0.2, 0.25) is 5.91 Å². The third-order valence-corrected chi connectivity index (χ3v) is 6.18. The highest BCUT2D eigenvalue weighted by atomic mass is 16.5. The van der Waals surface area contributed by atoms with Gasteiger partial charge in [-0.05, 0) is 55.1 Å². The van der Waals surface area contributed by atoms with E-state index >= 15 is 0 Å². The van der Waals surface area contributed by atoms with E-state index in [-0.39, 0.29) is 5.91 Å². The van der Waals surface area contributed by atoms with Crippen molar-refractivity contribution in [1.82, 2.24) is 14.8 Å². The highest BCUT2D eigenvalue weighted by Gasteiger charge is 2.18. The summed E-state index contributed by atoms with van der Waals surface area (Å²) < 4.78 is 13.5. The van der Waals surface area contributed by atoms with Crippen LogP contribution in [0.1, 0.15) is 24.8 Å². The normalized spacial score (nSPS) is 14.7. The van der Waals surface area contributed by atoms with E-state index in [1.807, 2.05) is 42.6 Å². The van der Waals surface area contributed by atoms with Gasteiger partial charge in [0.1, 0.15) is 12.4 Å². The second-order valence-corrected chi connectivity index (χ2v) is 8.41. The zero-order valence-electron chi connectivity index (χ0n) is 18.8. The molecule has 0 spiro atoms. The molecule has 0 unspecified atom stereocenters. The average molecular weight is 436 g/mol. The molecule has 1 fully saturated rings. The predicted octanol–water partition coefficient (Wildman–Crippen LogP) is 3.84. The van der Waals surface area contributed by atoms with Gasteiger partial charge in [0, 0.05) is 57.0 Å². The number of amides is 1. The maximum atomic E-state index is 12.4. The topological polar surface area (TPSA) is 55.7 Å². The first-order valence-electron chi connectivity index (χ1n) is 11.5. The fraction of sp³-hybridized carbons (Fsp3) is 0.423. The van der Waals surface area contributed by atoms with Crippen LogP contribution in [-0.4, -0.2) is 54.8 Å². The van der Waals surface area contributed by atoms with Gasteiger partial charge in [-0.3, -0.25) is 9.69 Å². The SMILES string of the molecule is CN(CCOc1cccc(CNC(=O)CCn2ccc3ccccc32)c1)C1CCOCC1. The molecular weight excluding hydrogens is 402 g/mol. The van der Waals surface area contributed by atoms with Crippen molar-refractivity contribution in [1.29, 1.82) is 0 Å². The molecule has 3 aromatic rings. The summed E-state index contributed by atoms with van der Waals surface area (Å²) in [4.78, 5) is 14.7. The molecule has 1 N–H and O–H groups in total. The van der Waals surface area contributed by atoms with E-state index in [9.17, 15) is 4.79 Å². The first kappa shape index (κ1) is 22.4. The molecule has 0 aliphatic carbocycles. The van der Waals surface area contributed by atoms with Crippen molar-refractivity contribution < 1.29 is 14.3 Å². The third kappa shape index (κ3) is 6.11. The van der Waals surface area contributed by atoms with Crippen LogP contribution in [0.5, 0.6) is 5.75 Å². The average Bonchev–Trinajstić information content (AvgIpc) is 3.25. The maximum Gasteiger partial charge on any atom is 0.222 e. The zero-order valence-corrected chi connectivity index (χ0v) is 18.8. The second-order valence-electron chi connectivity index (χ2n) is 8.41. The molecule has 32 heavy (non-hydrogen) atoms. The monoisotopic (exact) mass is 435 g/mol. The van der Waals surface area contributed by atoms with Gasteiger partial charge in [-0.15, -0.1) is 0 Å². The quantitative estimate of drug-likeness (QED) is 0.526. The highest BCUT2D eigenvalue weighted by Crippen LogP contribution is 2.16. The molecule has 0 atom stereocenters. The Morgan fingerprint density at radius 1 is 1.16 bits per heavy atom. The van der Waals surface area contributed by atoms with E-state index < -0.39 is 0 Å². The number of carbonyl (C=O) groups is 1. The van der Waals surface area contributed by atoms with Crippen molar-refractivity contribution in [2.45, 2.75) is 38.4 Å². The Labute approximate surface area is 190 Å². The molecule has 170 valence electrons. The summed E-state index contributed by atoms with van der Waals surface area (Å²) in [5.74, 6) is 0.892. The van der Waals surface area contributed by atoms with Gasteiger partial charge in [-0.25, -0.2) is 0 Å². The number of fused-ring (bicyclic) bond motifs is 1. The summed E-state index contributed by atoms with van der Waals surface area (Å²) in [5, 5.41) is 4.22. The standard InChI is InChI=1S/C26H33N3O3/c1-28(23-11-16-31-17-12-23)15-18-32-24-7-4-5-21(19-24)20-27-26(30)10-14-29-13-9-22-6-2-3-8-25(22)29/h2-9,13,19,23H,10-12,14-18,20H2,1H3,(H,27,30). The van der Waals surface area contributed by atoms with Crippen molar-refractivity contribution in [2.24, 2.45) is 0 Å². The number of benzene rings is 2. The molecule has 4 rings (SSSR count). The van der Waals surface area contributed by atoms with Gasteiger partial charge in [0.25, 0.3) is 0 Å². The van der Waals surface area contributed by atoms with Crippen molar-refractivity contribution in [3.8, 4) is 5.75 Å². The fourth-order valence-electron chi connectivity index (χ4n) is 4.21. The number of para-hydroxylation sites is 1. The lowest BCUT2D eigenvalue weighted by Gasteiger charge is -2.31. The number of hydrogen-bond acceptors (Lipinski definition) is 4. The summed E-state index contributed by atoms with van der Waals surface area (Å²) in [6.45, 7) is 4.42. The van der Waals surface area contributed by atoms with E-state index in [4.69, 9.17) is 9.47 Å². The van der Waals surface area contributed by atoms with Crippen molar-refractivity contribution in [3.63, 3.8) is 0 Å². The Balaban J connectivity index is 1.19. The number of aromatic nitrogens is 1. The Bertz CT molecular complexity index is 1010. The zero-order chi connectivity index (χ0) is 22.2. The van der Waals surface area contributed by atoms with E-state index in [1.165, 1.54) is 5.39 Å². The van der Waals surface area contributed by atoms with Crippen LogP contribution in [-0.2, 0) is 22.6 Å². The summed E-state index contributed by atoms with van der Waals surface area (Å²) in [5.41, 5.74) is 2.20. The minimum absolute atomic E-state index is 0.0483. The molecule has 1 aliphatic heterocycles. The molecule has 0 bridgehead atoms. The number of hydrogen-bond donors (Lipinski definition) is 1. The number of ether oxygens (including phenoxy) is 2. The Hall–Kier alpha value is -2.83. The van der Waals surface area contributed by atoms with Crippen LogP contribution in [0, 0.1) is 0 Å². The first-order chi connectivity index (χ1) is 15.7. The van der Waals surface area contributed by atoms with Crippen LogP contribution in [0.4, 0.5) is 0 Å². The first-order valence-corrected chi connectivity index (χ1v) is 11.5. The van der Waals surface area contributed by atoms with Crippen molar-refractivity contribution >= 4 is 16.8 Å². The second kappa shape index (κ2) is 11.2. The summed E-state index contributed by atoms with van der Waals surface area (Å²) in [7, 11) is 2.15. The minimum Gasteiger partial charge on any atom is -0.492 e. The Morgan fingerprint density at radius 3 is 2.88 bits per heavy atom. The van der Waals surface area contributed by atoms with Crippen molar-refractivity contribution in [3.05, 3.63) is 66.4 Å². The lowest BCUT2D eigenvalue weighted by atomic mass is 10.1. The van der Waals surface area contributed by atoms with Gasteiger partial charge < -0.3 is 19.4 Å². The van der Waals surface area contributed by atoms with E-state index in [0.29, 0.717) is 32.2 Å². The molecule has 1 amide bonds. The van der Waals surface area contributed by atoms with Crippen LogP contribution in [0.2, 0.25) is 0 Å². The summed E-state index contributed by atoms with van der Waals surface area (Å²) in [6.07, 6.45) is 4.67. The molecule has 2 aromatic carbocycles. The Morgan fingerprint density at radius 2 is 2.00 bits per heavy atom. The molecule has 1 aromatic heterocycles. The van der Waals surface area contributed by atoms with Gasteiger partial charge in [0.05, 0.1) is 0 Å². The minimum atomic E-state index is 0.0483. The maximum absolute atomic E-state index is 12.4. The number of carbonyl (C=O) groups excluding carboxylic acids is 1. The van der Waals surface area contributed by atoms with E-state index in [0.717, 1.165) is 49.4 Å². The van der Waals surface area contributed by atoms with Crippen LogP contribution in [0.15, 0.2) is 60.8 Å². The lowest BCUT2D eigenvalue weighted by Crippen LogP contribution is -2.38. The van der Waals surface area contributed by atoms with Crippen LogP contribution in [0.3, 0.4) is 0 Å².